The maximum absolute atomic E-state index is 11.7. The highest BCUT2D eigenvalue weighted by Gasteiger charge is 2.15. The molecule has 0 atom stereocenters. The maximum Gasteiger partial charge on any atom is 0.235 e. The molecule has 0 aliphatic rings. The van der Waals surface area contributed by atoms with Crippen molar-refractivity contribution in [3.8, 4) is 0 Å². The van der Waals surface area contributed by atoms with Crippen LogP contribution in [0.5, 0.6) is 0 Å². The molecule has 0 bridgehead atoms. The van der Waals surface area contributed by atoms with Gasteiger partial charge in [-0.25, -0.2) is 8.42 Å². The highest BCUT2D eigenvalue weighted by atomic mass is 32.2. The van der Waals surface area contributed by atoms with E-state index < -0.39 is 9.84 Å². The molecule has 0 heterocycles. The average molecular weight is 320 g/mol. The van der Waals surface area contributed by atoms with Crippen molar-refractivity contribution < 1.29 is 13.2 Å². The van der Waals surface area contributed by atoms with E-state index in [1.165, 1.54) is 19.3 Å². The Bertz CT molecular complexity index is 364. The van der Waals surface area contributed by atoms with Crippen molar-refractivity contribution in [2.75, 3.05) is 18.1 Å². The van der Waals surface area contributed by atoms with Crippen LogP contribution in [-0.4, -0.2) is 32.4 Å². The fourth-order valence-electron chi connectivity index (χ4n) is 2.15. The summed E-state index contributed by atoms with van der Waals surface area (Å²) >= 11 is 0. The predicted molar refractivity (Wildman–Crippen MR) is 89.1 cm³/mol. The van der Waals surface area contributed by atoms with Gasteiger partial charge in [-0.05, 0) is 18.8 Å². The third-order valence-corrected chi connectivity index (χ3v) is 5.05. The monoisotopic (exact) mass is 319 g/mol. The van der Waals surface area contributed by atoms with Crippen LogP contribution in [0.1, 0.15) is 72.1 Å². The van der Waals surface area contributed by atoms with E-state index in [4.69, 9.17) is 0 Å². The van der Waals surface area contributed by atoms with E-state index in [0.717, 1.165) is 31.6 Å². The lowest BCUT2D eigenvalue weighted by molar-refractivity contribution is -0.118. The Morgan fingerprint density at radius 2 is 1.67 bits per heavy atom. The van der Waals surface area contributed by atoms with Crippen molar-refractivity contribution in [3.05, 3.63) is 0 Å². The zero-order valence-electron chi connectivity index (χ0n) is 14.0. The molecular weight excluding hydrogens is 286 g/mol. The van der Waals surface area contributed by atoms with Crippen LogP contribution in [0.4, 0.5) is 0 Å². The molecule has 4 nitrogen and oxygen atoms in total. The second kappa shape index (κ2) is 12.0. The number of rotatable bonds is 13. The third-order valence-electron chi connectivity index (χ3n) is 3.44. The molecule has 0 aromatic rings. The minimum Gasteiger partial charge on any atom is -0.355 e. The fourth-order valence-corrected chi connectivity index (χ4v) is 3.44. The topological polar surface area (TPSA) is 63.2 Å². The number of carbonyl (C=O) groups is 1. The van der Waals surface area contributed by atoms with Crippen LogP contribution in [0.15, 0.2) is 0 Å². The average Bonchev–Trinajstić information content (AvgIpc) is 2.36. The number of unbranched alkanes of at least 4 members (excludes halogenated alkanes) is 5. The van der Waals surface area contributed by atoms with Crippen LogP contribution in [0.2, 0.25) is 0 Å². The molecule has 0 saturated carbocycles. The molecule has 0 aliphatic heterocycles. The number of nitrogens with one attached hydrogen (secondary N) is 1. The highest BCUT2D eigenvalue weighted by Crippen LogP contribution is 2.09. The first-order chi connectivity index (χ1) is 9.87. The van der Waals surface area contributed by atoms with Crippen molar-refractivity contribution in [1.29, 1.82) is 0 Å². The molecular formula is C16H33NO3S. The van der Waals surface area contributed by atoms with Crippen molar-refractivity contribution in [2.45, 2.75) is 72.1 Å². The second-order valence-electron chi connectivity index (χ2n) is 6.25. The first kappa shape index (κ1) is 20.4. The summed E-state index contributed by atoms with van der Waals surface area (Å²) in [6.45, 7) is 7.06. The molecule has 5 heteroatoms. The Hall–Kier alpha value is -0.580. The van der Waals surface area contributed by atoms with Crippen LogP contribution < -0.4 is 5.32 Å². The van der Waals surface area contributed by atoms with Gasteiger partial charge < -0.3 is 5.32 Å². The Morgan fingerprint density at radius 1 is 1.00 bits per heavy atom. The van der Waals surface area contributed by atoms with E-state index in [9.17, 15) is 13.2 Å². The Kier molecular flexibility index (Phi) is 11.7. The molecule has 0 rings (SSSR count). The molecule has 21 heavy (non-hydrogen) atoms. The molecule has 0 unspecified atom stereocenters. The van der Waals surface area contributed by atoms with Gasteiger partial charge in [0, 0.05) is 6.54 Å². The van der Waals surface area contributed by atoms with E-state index in [0.29, 0.717) is 13.0 Å². The van der Waals surface area contributed by atoms with Gasteiger partial charge >= 0.3 is 0 Å². The second-order valence-corrected chi connectivity index (χ2v) is 8.43. The summed E-state index contributed by atoms with van der Waals surface area (Å²) in [6.07, 6.45) is 8.23. The quantitative estimate of drug-likeness (QED) is 0.530. The number of hydrogen-bond donors (Lipinski definition) is 1. The Balaban J connectivity index is 3.61. The van der Waals surface area contributed by atoms with E-state index in [-0.39, 0.29) is 17.4 Å². The van der Waals surface area contributed by atoms with Gasteiger partial charge in [0.1, 0.15) is 5.75 Å². The Labute approximate surface area is 131 Å². The third kappa shape index (κ3) is 14.1. The molecule has 0 radical (unpaired) electrons. The van der Waals surface area contributed by atoms with Crippen LogP contribution in [-0.2, 0) is 14.6 Å². The number of sulfone groups is 1. The summed E-state index contributed by atoms with van der Waals surface area (Å²) in [5.74, 6) is 0.171. The number of carbonyl (C=O) groups excluding carboxylic acids is 1. The molecule has 0 aromatic carbocycles. The van der Waals surface area contributed by atoms with Gasteiger partial charge in [-0.1, -0.05) is 59.3 Å². The van der Waals surface area contributed by atoms with Crippen molar-refractivity contribution >= 4 is 15.7 Å². The zero-order chi connectivity index (χ0) is 16.1. The van der Waals surface area contributed by atoms with E-state index >= 15 is 0 Å². The largest absolute Gasteiger partial charge is 0.355 e. The van der Waals surface area contributed by atoms with Gasteiger partial charge in [0.2, 0.25) is 5.91 Å². The summed E-state index contributed by atoms with van der Waals surface area (Å²) in [7, 11) is -3.23. The van der Waals surface area contributed by atoms with Crippen LogP contribution in [0.3, 0.4) is 0 Å². The normalized spacial score (nSPS) is 11.8. The van der Waals surface area contributed by atoms with Crippen molar-refractivity contribution in [3.63, 3.8) is 0 Å². The van der Waals surface area contributed by atoms with Crippen molar-refractivity contribution in [1.82, 2.24) is 5.32 Å². The zero-order valence-corrected chi connectivity index (χ0v) is 14.8. The van der Waals surface area contributed by atoms with Gasteiger partial charge in [0.05, 0.1) is 5.75 Å². The van der Waals surface area contributed by atoms with Gasteiger partial charge in [-0.2, -0.15) is 0 Å². The van der Waals surface area contributed by atoms with Crippen molar-refractivity contribution in [2.24, 2.45) is 5.92 Å². The molecule has 0 fully saturated rings. The van der Waals surface area contributed by atoms with E-state index in [1.807, 2.05) is 6.92 Å². The smallest absolute Gasteiger partial charge is 0.235 e. The lowest BCUT2D eigenvalue weighted by atomic mass is 10.0. The predicted octanol–water partition coefficient (Wildman–Crippen LogP) is 3.31. The van der Waals surface area contributed by atoms with Crippen LogP contribution >= 0.6 is 0 Å². The standard InChI is InChI=1S/C16H33NO3S/c1-4-5-10-13-21(19,20)14-16(18)17-12-9-7-6-8-11-15(2)3/h15H,4-14H2,1-3H3,(H,17,18). The first-order valence-electron chi connectivity index (χ1n) is 8.34. The molecule has 0 aromatic heterocycles. The van der Waals surface area contributed by atoms with E-state index in [1.54, 1.807) is 0 Å². The molecule has 126 valence electrons. The number of amides is 1. The lowest BCUT2D eigenvalue weighted by Gasteiger charge is -2.07. The fraction of sp³-hybridized carbons (Fsp3) is 0.938. The maximum atomic E-state index is 11.7. The van der Waals surface area contributed by atoms with Crippen LogP contribution in [0, 0.1) is 5.92 Å². The lowest BCUT2D eigenvalue weighted by Crippen LogP contribution is -2.32. The molecule has 0 spiro atoms. The summed E-state index contributed by atoms with van der Waals surface area (Å²) in [5.41, 5.74) is 0. The Morgan fingerprint density at radius 3 is 2.29 bits per heavy atom. The highest BCUT2D eigenvalue weighted by molar-refractivity contribution is 7.92. The van der Waals surface area contributed by atoms with Gasteiger partial charge in [0.25, 0.3) is 0 Å². The molecule has 1 amide bonds. The summed E-state index contributed by atoms with van der Waals surface area (Å²) in [4.78, 5) is 11.6. The first-order valence-corrected chi connectivity index (χ1v) is 10.2. The van der Waals surface area contributed by atoms with Gasteiger partial charge in [-0.3, -0.25) is 4.79 Å². The van der Waals surface area contributed by atoms with Crippen LogP contribution in [0.25, 0.3) is 0 Å². The SMILES string of the molecule is CCCCCS(=O)(=O)CC(=O)NCCCCCCC(C)C. The molecule has 1 N–H and O–H groups in total. The van der Waals surface area contributed by atoms with Gasteiger partial charge in [-0.15, -0.1) is 0 Å². The minimum absolute atomic E-state index is 0.128. The molecule has 0 saturated heterocycles. The summed E-state index contributed by atoms with van der Waals surface area (Å²) in [5, 5.41) is 2.71. The summed E-state index contributed by atoms with van der Waals surface area (Å²) in [6, 6.07) is 0. The summed E-state index contributed by atoms with van der Waals surface area (Å²) < 4.78 is 23.4. The molecule has 0 aliphatic carbocycles. The van der Waals surface area contributed by atoms with Gasteiger partial charge in [0.15, 0.2) is 9.84 Å². The van der Waals surface area contributed by atoms with E-state index in [2.05, 4.69) is 19.2 Å². The minimum atomic E-state index is -3.23. The number of hydrogen-bond acceptors (Lipinski definition) is 3.